The lowest BCUT2D eigenvalue weighted by atomic mass is 10.1. The van der Waals surface area contributed by atoms with Gasteiger partial charge in [0, 0.05) is 24.0 Å². The summed E-state index contributed by atoms with van der Waals surface area (Å²) in [5.74, 6) is -0.379. The molecule has 2 N–H and O–H groups in total. The minimum Gasteiger partial charge on any atom is -0.354 e. The number of rotatable bonds is 7. The molecule has 0 bridgehead atoms. The highest BCUT2D eigenvalue weighted by Crippen LogP contribution is 2.12. The number of benzene rings is 1. The SMILES string of the molecule is N#CCC(=O)NCCNC(=O)CCc1cccc(Br)c1. The molecule has 1 aromatic carbocycles. The molecule has 20 heavy (non-hydrogen) atoms. The predicted molar refractivity (Wildman–Crippen MR) is 78.7 cm³/mol. The number of carbonyl (C=O) groups is 2. The largest absolute Gasteiger partial charge is 0.354 e. The molecule has 5 nitrogen and oxygen atoms in total. The molecule has 106 valence electrons. The molecule has 0 aliphatic rings. The Kier molecular flexibility index (Phi) is 7.36. The van der Waals surface area contributed by atoms with Gasteiger partial charge in [0.15, 0.2) is 0 Å². The van der Waals surface area contributed by atoms with Gasteiger partial charge in [0.2, 0.25) is 11.8 Å². The van der Waals surface area contributed by atoms with Crippen molar-refractivity contribution in [2.24, 2.45) is 0 Å². The van der Waals surface area contributed by atoms with Crippen molar-refractivity contribution in [3.63, 3.8) is 0 Å². The molecular weight excluding hydrogens is 322 g/mol. The standard InChI is InChI=1S/C14H16BrN3O2/c15-12-3-1-2-11(10-12)4-5-13(19)17-8-9-18-14(20)6-7-16/h1-3,10H,4-6,8-9H2,(H,17,19)(H,18,20). The van der Waals surface area contributed by atoms with Crippen molar-refractivity contribution in [1.82, 2.24) is 10.6 Å². The zero-order valence-corrected chi connectivity index (χ0v) is 12.6. The van der Waals surface area contributed by atoms with E-state index in [9.17, 15) is 9.59 Å². The van der Waals surface area contributed by atoms with Gasteiger partial charge < -0.3 is 10.6 Å². The lowest BCUT2D eigenvalue weighted by Gasteiger charge is -2.06. The summed E-state index contributed by atoms with van der Waals surface area (Å²) >= 11 is 3.38. The maximum Gasteiger partial charge on any atom is 0.234 e. The van der Waals surface area contributed by atoms with Gasteiger partial charge in [0.25, 0.3) is 0 Å². The number of nitrogens with zero attached hydrogens (tertiary/aromatic N) is 1. The van der Waals surface area contributed by atoms with E-state index in [1.54, 1.807) is 6.07 Å². The topological polar surface area (TPSA) is 82.0 Å². The summed E-state index contributed by atoms with van der Waals surface area (Å²) < 4.78 is 0.996. The Morgan fingerprint density at radius 1 is 1.20 bits per heavy atom. The first kappa shape index (κ1) is 16.2. The molecule has 1 rings (SSSR count). The summed E-state index contributed by atoms with van der Waals surface area (Å²) in [5.41, 5.74) is 1.09. The zero-order valence-electron chi connectivity index (χ0n) is 11.0. The molecule has 0 heterocycles. The third-order valence-electron chi connectivity index (χ3n) is 2.54. The molecule has 2 amide bonds. The fraction of sp³-hybridized carbons (Fsp3) is 0.357. The summed E-state index contributed by atoms with van der Waals surface area (Å²) in [6.07, 6.45) is 0.922. The van der Waals surface area contributed by atoms with Crippen molar-refractivity contribution in [3.05, 3.63) is 34.3 Å². The van der Waals surface area contributed by atoms with E-state index in [2.05, 4.69) is 26.6 Å². The number of halogens is 1. The average Bonchev–Trinajstić information content (AvgIpc) is 2.42. The van der Waals surface area contributed by atoms with E-state index in [1.165, 1.54) is 0 Å². The third kappa shape index (κ3) is 6.90. The van der Waals surface area contributed by atoms with Crippen LogP contribution in [0.3, 0.4) is 0 Å². The summed E-state index contributed by atoms with van der Waals surface area (Å²) in [6, 6.07) is 9.58. The minimum absolute atomic E-state index is 0.0560. The normalized spacial score (nSPS) is 9.60. The molecular formula is C14H16BrN3O2. The maximum atomic E-state index is 11.6. The Hall–Kier alpha value is -1.87. The zero-order chi connectivity index (χ0) is 14.8. The van der Waals surface area contributed by atoms with Gasteiger partial charge in [-0.1, -0.05) is 28.1 Å². The highest BCUT2D eigenvalue weighted by Gasteiger charge is 2.03. The molecule has 0 unspecified atom stereocenters. The highest BCUT2D eigenvalue weighted by molar-refractivity contribution is 9.10. The van der Waals surface area contributed by atoms with Crippen molar-refractivity contribution in [3.8, 4) is 6.07 Å². The van der Waals surface area contributed by atoms with Crippen LogP contribution in [0.15, 0.2) is 28.7 Å². The second-order valence-corrected chi connectivity index (χ2v) is 5.08. The molecule has 0 aliphatic carbocycles. The second-order valence-electron chi connectivity index (χ2n) is 4.16. The van der Waals surface area contributed by atoms with E-state index in [1.807, 2.05) is 24.3 Å². The van der Waals surface area contributed by atoms with Gasteiger partial charge in [0.05, 0.1) is 6.07 Å². The average molecular weight is 338 g/mol. The quantitative estimate of drug-likeness (QED) is 0.740. The van der Waals surface area contributed by atoms with Crippen LogP contribution in [0.2, 0.25) is 0 Å². The number of amides is 2. The van der Waals surface area contributed by atoms with E-state index in [4.69, 9.17) is 5.26 Å². The Balaban J connectivity index is 2.15. The maximum absolute atomic E-state index is 11.6. The number of hydrogen-bond acceptors (Lipinski definition) is 3. The first-order chi connectivity index (χ1) is 9.61. The van der Waals surface area contributed by atoms with E-state index in [0.717, 1.165) is 10.0 Å². The van der Waals surface area contributed by atoms with Crippen LogP contribution in [-0.2, 0) is 16.0 Å². The van der Waals surface area contributed by atoms with Crippen molar-refractivity contribution in [2.45, 2.75) is 19.3 Å². The van der Waals surface area contributed by atoms with Crippen molar-refractivity contribution in [2.75, 3.05) is 13.1 Å². The van der Waals surface area contributed by atoms with E-state index in [-0.39, 0.29) is 18.2 Å². The first-order valence-corrected chi connectivity index (χ1v) is 7.06. The fourth-order valence-electron chi connectivity index (χ4n) is 1.58. The van der Waals surface area contributed by atoms with Crippen LogP contribution in [0, 0.1) is 11.3 Å². The molecule has 0 spiro atoms. The van der Waals surface area contributed by atoms with Crippen molar-refractivity contribution >= 4 is 27.7 Å². The number of carbonyl (C=O) groups excluding carboxylic acids is 2. The smallest absolute Gasteiger partial charge is 0.234 e. The third-order valence-corrected chi connectivity index (χ3v) is 3.03. The number of aryl methyl sites for hydroxylation is 1. The molecule has 0 aliphatic heterocycles. The Morgan fingerprint density at radius 3 is 2.55 bits per heavy atom. The van der Waals surface area contributed by atoms with Crippen LogP contribution in [0.5, 0.6) is 0 Å². The number of nitriles is 1. The Bertz CT molecular complexity index is 511. The van der Waals surface area contributed by atoms with Crippen LogP contribution >= 0.6 is 15.9 Å². The van der Waals surface area contributed by atoms with Crippen molar-refractivity contribution in [1.29, 1.82) is 5.26 Å². The second kappa shape index (κ2) is 9.10. The first-order valence-electron chi connectivity index (χ1n) is 6.26. The summed E-state index contributed by atoms with van der Waals surface area (Å²) in [5, 5.41) is 13.5. The van der Waals surface area contributed by atoms with E-state index in [0.29, 0.717) is 25.9 Å². The minimum atomic E-state index is -0.323. The van der Waals surface area contributed by atoms with Crippen LogP contribution in [0.1, 0.15) is 18.4 Å². The lowest BCUT2D eigenvalue weighted by Crippen LogP contribution is -2.34. The van der Waals surface area contributed by atoms with Gasteiger partial charge in [0.1, 0.15) is 6.42 Å². The highest BCUT2D eigenvalue weighted by atomic mass is 79.9. The molecule has 0 saturated carbocycles. The molecule has 0 radical (unpaired) electrons. The molecule has 6 heteroatoms. The van der Waals surface area contributed by atoms with Gasteiger partial charge in [-0.2, -0.15) is 5.26 Å². The number of nitrogens with one attached hydrogen (secondary N) is 2. The molecule has 0 atom stereocenters. The Labute approximate surface area is 126 Å². The van der Waals surface area contributed by atoms with Gasteiger partial charge >= 0.3 is 0 Å². The van der Waals surface area contributed by atoms with E-state index >= 15 is 0 Å². The van der Waals surface area contributed by atoms with Crippen LogP contribution in [-0.4, -0.2) is 24.9 Å². The molecule has 1 aromatic rings. The van der Waals surface area contributed by atoms with Crippen LogP contribution < -0.4 is 10.6 Å². The molecule has 0 fully saturated rings. The fourth-order valence-corrected chi connectivity index (χ4v) is 2.02. The summed E-state index contributed by atoms with van der Waals surface area (Å²) in [4.78, 5) is 22.6. The molecule has 0 aromatic heterocycles. The van der Waals surface area contributed by atoms with Gasteiger partial charge in [-0.15, -0.1) is 0 Å². The van der Waals surface area contributed by atoms with Crippen LogP contribution in [0.4, 0.5) is 0 Å². The van der Waals surface area contributed by atoms with E-state index < -0.39 is 0 Å². The lowest BCUT2D eigenvalue weighted by molar-refractivity contribution is -0.122. The monoisotopic (exact) mass is 337 g/mol. The summed E-state index contributed by atoms with van der Waals surface area (Å²) in [7, 11) is 0. The Morgan fingerprint density at radius 2 is 1.90 bits per heavy atom. The summed E-state index contributed by atoms with van der Waals surface area (Å²) in [6.45, 7) is 0.706. The van der Waals surface area contributed by atoms with Gasteiger partial charge in [-0.05, 0) is 24.1 Å². The van der Waals surface area contributed by atoms with Crippen molar-refractivity contribution < 1.29 is 9.59 Å². The number of hydrogen-bond donors (Lipinski definition) is 2. The van der Waals surface area contributed by atoms with Gasteiger partial charge in [-0.25, -0.2) is 0 Å². The predicted octanol–water partition coefficient (Wildman–Crippen LogP) is 1.53. The van der Waals surface area contributed by atoms with Crippen LogP contribution in [0.25, 0.3) is 0 Å². The van der Waals surface area contributed by atoms with Gasteiger partial charge in [-0.3, -0.25) is 9.59 Å². The molecule has 0 saturated heterocycles.